The van der Waals surface area contributed by atoms with Crippen LogP contribution in [-0.2, 0) is 21.7 Å². The molecule has 2 bridgehead atoms. The van der Waals surface area contributed by atoms with Crippen LogP contribution >= 0.6 is 0 Å². The van der Waals surface area contributed by atoms with E-state index in [-0.39, 0.29) is 35.8 Å². The molecule has 10 heteroatoms. The molecule has 4 fully saturated rings. The van der Waals surface area contributed by atoms with Gasteiger partial charge in [0.25, 0.3) is 0 Å². The number of ether oxygens (including phenoxy) is 1. The van der Waals surface area contributed by atoms with E-state index in [4.69, 9.17) is 4.74 Å². The Labute approximate surface area is 299 Å². The monoisotopic (exact) mass is 695 g/mol. The average molecular weight is 696 g/mol. The van der Waals surface area contributed by atoms with Crippen LogP contribution in [0.25, 0.3) is 10.9 Å². The van der Waals surface area contributed by atoms with Crippen LogP contribution < -0.4 is 16.2 Å². The summed E-state index contributed by atoms with van der Waals surface area (Å²) < 4.78 is 7.57. The number of nitrogens with one attached hydrogen (secondary N) is 3. The highest BCUT2D eigenvalue weighted by Gasteiger charge is 2.48. The molecule has 1 amide bonds. The van der Waals surface area contributed by atoms with Crippen LogP contribution in [-0.4, -0.2) is 76.1 Å². The first-order chi connectivity index (χ1) is 24.7. The molecule has 3 saturated heterocycles. The van der Waals surface area contributed by atoms with Gasteiger partial charge in [0, 0.05) is 49.0 Å². The number of piperidine rings is 3. The molecule has 1 saturated carbocycles. The SMILES string of the molecule is O=C(CC[N+]12CCC(CC1)[C@@H](OC[C@@](O)(c1ccccc1)C1CCCC1)C2)Nc1ccc(CNC[C@H](O)c2ccc(O)c3[nH]c(=O)ccc23)cc1. The highest BCUT2D eigenvalue weighted by molar-refractivity contribution is 5.90. The molecule has 270 valence electrons. The van der Waals surface area contributed by atoms with E-state index in [2.05, 4.69) is 15.6 Å². The number of hydrogen-bond donors (Lipinski definition) is 6. The summed E-state index contributed by atoms with van der Waals surface area (Å²) in [6, 6.07) is 23.9. The fourth-order valence-electron chi connectivity index (χ4n) is 8.81. The normalized spacial score (nSPS) is 23.6. The molecule has 1 aromatic heterocycles. The maximum absolute atomic E-state index is 13.1. The number of pyridine rings is 1. The molecule has 8 rings (SSSR count). The van der Waals surface area contributed by atoms with Gasteiger partial charge in [-0.2, -0.15) is 0 Å². The van der Waals surface area contributed by atoms with Gasteiger partial charge in [-0.25, -0.2) is 0 Å². The summed E-state index contributed by atoms with van der Waals surface area (Å²) in [5.74, 6) is 0.696. The van der Waals surface area contributed by atoms with Gasteiger partial charge in [0.05, 0.1) is 44.3 Å². The number of aliphatic hydroxyl groups is 2. The molecular weight excluding hydrogens is 644 g/mol. The molecule has 4 heterocycles. The number of fused-ring (bicyclic) bond motifs is 4. The summed E-state index contributed by atoms with van der Waals surface area (Å²) in [6.45, 7) is 4.94. The van der Waals surface area contributed by atoms with E-state index >= 15 is 0 Å². The van der Waals surface area contributed by atoms with Crippen LogP contribution in [0.15, 0.2) is 83.7 Å². The number of quaternary nitrogens is 1. The van der Waals surface area contributed by atoms with Gasteiger partial charge in [0.1, 0.15) is 24.0 Å². The molecule has 51 heavy (non-hydrogen) atoms. The fraction of sp³-hybridized carbons (Fsp3) is 0.463. The van der Waals surface area contributed by atoms with Crippen molar-refractivity contribution in [1.82, 2.24) is 10.3 Å². The summed E-state index contributed by atoms with van der Waals surface area (Å²) >= 11 is 0. The minimum atomic E-state index is -0.964. The number of phenols is 1. The van der Waals surface area contributed by atoms with E-state index in [1.807, 2.05) is 54.6 Å². The molecule has 3 aliphatic heterocycles. The Bertz CT molecular complexity index is 1850. The number of aliphatic hydroxyl groups excluding tert-OH is 1. The number of nitrogens with zero attached hydrogens (tertiary/aromatic N) is 1. The minimum absolute atomic E-state index is 0.00354. The number of aromatic amines is 1. The topological polar surface area (TPSA) is 144 Å². The summed E-state index contributed by atoms with van der Waals surface area (Å²) in [6.07, 6.45) is 6.28. The Morgan fingerprint density at radius 1 is 0.961 bits per heavy atom. The maximum atomic E-state index is 13.1. The Kier molecular flexibility index (Phi) is 10.6. The number of phenolic OH excluding ortho intramolecular Hbond substituents is 1. The molecule has 6 N–H and O–H groups in total. The van der Waals surface area contributed by atoms with Gasteiger partial charge in [-0.3, -0.25) is 9.59 Å². The van der Waals surface area contributed by atoms with Crippen molar-refractivity contribution in [3.05, 3.63) is 106 Å². The Balaban J connectivity index is 0.880. The molecule has 1 aliphatic carbocycles. The molecule has 0 spiro atoms. The van der Waals surface area contributed by atoms with E-state index in [1.54, 1.807) is 12.1 Å². The quantitative estimate of drug-likeness (QED) is 0.101. The van der Waals surface area contributed by atoms with Crippen molar-refractivity contribution in [3.8, 4) is 5.75 Å². The first-order valence-corrected chi connectivity index (χ1v) is 18.6. The molecule has 3 aromatic carbocycles. The number of H-pyrrole nitrogens is 1. The van der Waals surface area contributed by atoms with E-state index in [1.165, 1.54) is 12.1 Å². The van der Waals surface area contributed by atoms with Crippen LogP contribution in [0.4, 0.5) is 5.69 Å². The van der Waals surface area contributed by atoms with Crippen LogP contribution in [0.3, 0.4) is 0 Å². The van der Waals surface area contributed by atoms with Crippen molar-refractivity contribution in [2.75, 3.05) is 44.6 Å². The van der Waals surface area contributed by atoms with Gasteiger partial charge >= 0.3 is 0 Å². The van der Waals surface area contributed by atoms with Crippen molar-refractivity contribution in [2.24, 2.45) is 11.8 Å². The fourth-order valence-corrected chi connectivity index (χ4v) is 8.81. The smallest absolute Gasteiger partial charge is 0.248 e. The first-order valence-electron chi connectivity index (χ1n) is 18.6. The number of hydrogen-bond acceptors (Lipinski definition) is 7. The van der Waals surface area contributed by atoms with E-state index < -0.39 is 11.7 Å². The molecule has 0 radical (unpaired) electrons. The zero-order valence-electron chi connectivity index (χ0n) is 29.2. The predicted octanol–water partition coefficient (Wildman–Crippen LogP) is 5.09. The second-order valence-electron chi connectivity index (χ2n) is 15.1. The lowest BCUT2D eigenvalue weighted by Crippen LogP contribution is -2.65. The van der Waals surface area contributed by atoms with Crippen molar-refractivity contribution < 1.29 is 29.3 Å². The molecule has 10 nitrogen and oxygen atoms in total. The van der Waals surface area contributed by atoms with Crippen LogP contribution in [0.5, 0.6) is 5.75 Å². The zero-order valence-corrected chi connectivity index (χ0v) is 29.2. The van der Waals surface area contributed by atoms with Gasteiger partial charge in [-0.1, -0.05) is 61.4 Å². The van der Waals surface area contributed by atoms with Gasteiger partial charge < -0.3 is 40.2 Å². The molecular formula is C41H51N4O6+. The number of carbonyl (C=O) groups excluding carboxylic acids is 1. The number of benzene rings is 3. The number of anilines is 1. The number of aromatic nitrogens is 1. The summed E-state index contributed by atoms with van der Waals surface area (Å²) in [5, 5.41) is 39.9. The van der Waals surface area contributed by atoms with E-state index in [0.29, 0.717) is 42.0 Å². The molecule has 0 unspecified atom stereocenters. The van der Waals surface area contributed by atoms with Crippen molar-refractivity contribution in [1.29, 1.82) is 0 Å². The Morgan fingerprint density at radius 2 is 1.71 bits per heavy atom. The summed E-state index contributed by atoms with van der Waals surface area (Å²) in [5.41, 5.74) is 2.35. The van der Waals surface area contributed by atoms with Gasteiger partial charge in [0.15, 0.2) is 0 Å². The van der Waals surface area contributed by atoms with E-state index in [9.17, 15) is 24.9 Å². The van der Waals surface area contributed by atoms with Gasteiger partial charge in [-0.15, -0.1) is 0 Å². The Morgan fingerprint density at radius 3 is 2.45 bits per heavy atom. The lowest BCUT2D eigenvalue weighted by molar-refractivity contribution is -0.946. The van der Waals surface area contributed by atoms with Crippen LogP contribution in [0.2, 0.25) is 0 Å². The average Bonchev–Trinajstić information content (AvgIpc) is 3.71. The van der Waals surface area contributed by atoms with E-state index in [0.717, 1.165) is 86.0 Å². The molecule has 4 aliphatic rings. The third kappa shape index (κ3) is 7.90. The Hall–Kier alpha value is -4.06. The lowest BCUT2D eigenvalue weighted by atomic mass is 9.80. The third-order valence-electron chi connectivity index (χ3n) is 11.8. The van der Waals surface area contributed by atoms with Crippen LogP contribution in [0.1, 0.15) is 67.7 Å². The van der Waals surface area contributed by atoms with Crippen molar-refractivity contribution in [2.45, 2.75) is 69.3 Å². The number of rotatable bonds is 14. The largest absolute Gasteiger partial charge is 0.506 e. The summed E-state index contributed by atoms with van der Waals surface area (Å²) in [4.78, 5) is 27.4. The molecule has 4 aromatic rings. The summed E-state index contributed by atoms with van der Waals surface area (Å²) in [7, 11) is 0. The number of amides is 1. The van der Waals surface area contributed by atoms with Crippen LogP contribution in [0, 0.1) is 11.8 Å². The van der Waals surface area contributed by atoms with Gasteiger partial charge in [-0.05, 0) is 59.7 Å². The number of carbonyl (C=O) groups is 1. The second-order valence-corrected chi connectivity index (χ2v) is 15.1. The third-order valence-corrected chi connectivity index (χ3v) is 11.8. The van der Waals surface area contributed by atoms with Crippen molar-refractivity contribution in [3.63, 3.8) is 0 Å². The zero-order chi connectivity index (χ0) is 35.4. The number of aromatic hydroxyl groups is 1. The van der Waals surface area contributed by atoms with Crippen molar-refractivity contribution >= 4 is 22.5 Å². The highest BCUT2D eigenvalue weighted by Crippen LogP contribution is 2.43. The lowest BCUT2D eigenvalue weighted by Gasteiger charge is -2.52. The standard InChI is InChI=1S/C41H50N4O6/c46-35-16-14-33(34-15-17-38(48)44-40(34)35)36(47)25-42-24-28-10-12-32(13-11-28)43-39(49)20-23-45-21-18-29(19-22-45)37(26-45)51-27-41(50,31-8-4-5-9-31)30-6-2-1-3-7-30/h1-3,6-7,10-17,29,31,36-37,42,47,50H,4-5,8-9,18-27H2,(H2-,43,44,46,48,49)/p+1/t29?,36-,37-,41+,45?/m0/s1. The maximum Gasteiger partial charge on any atom is 0.248 e. The molecule has 3 atom stereocenters. The highest BCUT2D eigenvalue weighted by atomic mass is 16.5. The minimum Gasteiger partial charge on any atom is -0.506 e. The van der Waals surface area contributed by atoms with Gasteiger partial charge in [0.2, 0.25) is 11.5 Å². The second kappa shape index (κ2) is 15.3. The first kappa shape index (κ1) is 35.3. The predicted molar refractivity (Wildman–Crippen MR) is 197 cm³/mol.